The summed E-state index contributed by atoms with van der Waals surface area (Å²) in [6.45, 7) is 0. The first-order chi connectivity index (χ1) is 30.6. The van der Waals surface area contributed by atoms with E-state index in [2.05, 4.69) is 0 Å². The average molecular weight is 652 g/mol. The molecule has 0 saturated carbocycles. The van der Waals surface area contributed by atoms with E-state index in [-0.39, 0.29) is 54.5 Å². The number of nitrogens with zero attached hydrogens (tertiary/aromatic N) is 3. The lowest BCUT2D eigenvalue weighted by Gasteiger charge is -2.14. The molecule has 11 aromatic rings. The van der Waals surface area contributed by atoms with Gasteiger partial charge in [0, 0.05) is 33.0 Å². The van der Waals surface area contributed by atoms with Gasteiger partial charge in [-0.05, 0) is 57.5 Å². The van der Waals surface area contributed by atoms with Crippen molar-refractivity contribution in [3.63, 3.8) is 0 Å². The van der Waals surface area contributed by atoms with Crippen LogP contribution in [-0.4, -0.2) is 14.5 Å². The minimum absolute atomic E-state index is 0.0111. The van der Waals surface area contributed by atoms with E-state index in [9.17, 15) is 8.22 Å². The lowest BCUT2D eigenvalue weighted by atomic mass is 9.88. The van der Waals surface area contributed by atoms with Crippen molar-refractivity contribution in [2.75, 3.05) is 0 Å². The second kappa shape index (κ2) is 10.4. The van der Waals surface area contributed by atoms with Crippen LogP contribution in [0.5, 0.6) is 0 Å². The van der Waals surface area contributed by atoms with Crippen LogP contribution in [0.2, 0.25) is 0 Å². The molecule has 0 aliphatic carbocycles. The molecule has 0 aliphatic heterocycles. The van der Waals surface area contributed by atoms with E-state index in [1.165, 1.54) is 0 Å². The minimum atomic E-state index is -0.724. The molecule has 0 N–H and O–H groups in total. The lowest BCUT2D eigenvalue weighted by molar-refractivity contribution is 0.667. The second-order valence-electron chi connectivity index (χ2n) is 11.8. The van der Waals surface area contributed by atoms with Crippen molar-refractivity contribution >= 4 is 65.4 Å². The zero-order valence-electron chi connectivity index (χ0n) is 39.8. The molecule has 3 aromatic heterocycles. The van der Waals surface area contributed by atoms with E-state index in [1.807, 2.05) is 60.7 Å². The Morgan fingerprint density at radius 2 is 1.20 bits per heavy atom. The van der Waals surface area contributed by atoms with Crippen LogP contribution in [0.3, 0.4) is 0 Å². The molecule has 0 atom stereocenters. The smallest absolute Gasteiger partial charge is 0.180 e. The fraction of sp³-hybridized carbons (Fsp3) is 0. The number of rotatable bonds is 4. The predicted octanol–water partition coefficient (Wildman–Crippen LogP) is 12.2. The highest BCUT2D eigenvalue weighted by molar-refractivity contribution is 6.37. The van der Waals surface area contributed by atoms with Crippen LogP contribution in [0.1, 0.15) is 19.2 Å². The molecule has 4 heteroatoms. The van der Waals surface area contributed by atoms with Gasteiger partial charge in [-0.25, -0.2) is 9.97 Å². The molecule has 11 rings (SSSR count). The number of hydrogen-bond donors (Lipinski definition) is 0. The molecule has 50 heavy (non-hydrogen) atoms. The Morgan fingerprint density at radius 1 is 0.500 bits per heavy atom. The third kappa shape index (κ3) is 3.76. The molecule has 0 unspecified atom stereocenters. The molecule has 0 aliphatic rings. The number of hydrogen-bond acceptors (Lipinski definition) is 3. The molecule has 0 fully saturated rings. The summed E-state index contributed by atoms with van der Waals surface area (Å²) in [5.74, 6) is 0.358. The fourth-order valence-electron chi connectivity index (χ4n) is 7.13. The van der Waals surface area contributed by atoms with Gasteiger partial charge in [-0.1, -0.05) is 133 Å². The van der Waals surface area contributed by atoms with Crippen molar-refractivity contribution < 1.29 is 23.6 Å². The van der Waals surface area contributed by atoms with Crippen LogP contribution < -0.4 is 0 Å². The Bertz CT molecular complexity index is 3860. The van der Waals surface area contributed by atoms with Gasteiger partial charge in [0.25, 0.3) is 0 Å². The second-order valence-corrected chi connectivity index (χ2v) is 11.8. The highest BCUT2D eigenvalue weighted by atomic mass is 16.3. The van der Waals surface area contributed by atoms with Crippen molar-refractivity contribution in [1.82, 2.24) is 14.5 Å². The first kappa shape index (κ1) is 17.0. The SMILES string of the molecule is [2H]c1c([2H])c([2H])c(-n2c3c([2H])c([2H])c([2H])c4c5c([2H])c([2H])c([2H])c([2H])c5c5c(-c6cccc7oc8c(-c9ccccc9)nc(-c9ccccc9)nc8c67)c([2H])c([2H])c2c5c43)c([2H])c1[2H]. The van der Waals surface area contributed by atoms with Crippen LogP contribution in [0.25, 0.3) is 105 Å². The van der Waals surface area contributed by atoms with Crippen LogP contribution in [-0.2, 0) is 0 Å². The van der Waals surface area contributed by atoms with Crippen molar-refractivity contribution in [3.05, 3.63) is 163 Å². The molecule has 0 saturated heterocycles. The van der Waals surface area contributed by atoms with E-state index in [0.29, 0.717) is 39.2 Å². The fourth-order valence-corrected chi connectivity index (χ4v) is 7.13. The predicted molar refractivity (Wildman–Crippen MR) is 206 cm³/mol. The number of benzene rings is 8. The van der Waals surface area contributed by atoms with Gasteiger partial charge in [-0.2, -0.15) is 0 Å². The maximum Gasteiger partial charge on any atom is 0.180 e. The van der Waals surface area contributed by atoms with Crippen molar-refractivity contribution in [1.29, 1.82) is 0 Å². The Kier molecular flexibility index (Phi) is 3.53. The highest BCUT2D eigenvalue weighted by Gasteiger charge is 2.25. The molecule has 232 valence electrons. The number of fused-ring (bicyclic) bond motifs is 6. The van der Waals surface area contributed by atoms with Gasteiger partial charge in [0.05, 0.1) is 35.6 Å². The van der Waals surface area contributed by atoms with Crippen LogP contribution in [0.4, 0.5) is 0 Å². The van der Waals surface area contributed by atoms with E-state index in [1.54, 1.807) is 18.2 Å². The summed E-state index contributed by atoms with van der Waals surface area (Å²) >= 11 is 0. The van der Waals surface area contributed by atoms with Crippen molar-refractivity contribution in [2.24, 2.45) is 0 Å². The minimum Gasteiger partial charge on any atom is -0.452 e. The third-order valence-corrected chi connectivity index (χ3v) is 9.18. The van der Waals surface area contributed by atoms with Gasteiger partial charge < -0.3 is 8.98 Å². The van der Waals surface area contributed by atoms with Gasteiger partial charge in [0.1, 0.15) is 16.8 Å². The van der Waals surface area contributed by atoms with Gasteiger partial charge in [-0.15, -0.1) is 0 Å². The van der Waals surface area contributed by atoms with E-state index in [4.69, 9.17) is 25.4 Å². The first-order valence-corrected chi connectivity index (χ1v) is 15.8. The highest BCUT2D eigenvalue weighted by Crippen LogP contribution is 2.49. The van der Waals surface area contributed by atoms with Crippen LogP contribution >= 0.6 is 0 Å². The normalized spacial score (nSPS) is 15.9. The molecule has 0 bridgehead atoms. The molecule has 4 nitrogen and oxygen atoms in total. The molecule has 0 amide bonds. The topological polar surface area (TPSA) is 43.9 Å². The number of para-hydroxylation sites is 1. The van der Waals surface area contributed by atoms with Crippen molar-refractivity contribution in [3.8, 4) is 39.5 Å². The van der Waals surface area contributed by atoms with Gasteiger partial charge >= 0.3 is 0 Å². The standard InChI is InChI=1S/C46H27N3O/c1-4-14-28(15-5-1)43-45-44(48-46(47-43)29-16-6-2-7-17-29)41-34(23-13-25-38(41)50-45)35-26-27-37-42-39(35)32-21-11-10-20-31(32)33-22-12-24-36(40(33)42)49(37)30-18-8-3-9-19-30/h1-27H/i3D,8D,9D,10D,11D,12D,18D,19D,20D,21D,22D,24D,26D,27D. The van der Waals surface area contributed by atoms with Gasteiger partial charge in [0.15, 0.2) is 11.4 Å². The Labute approximate surface area is 306 Å². The van der Waals surface area contributed by atoms with E-state index in [0.717, 1.165) is 10.1 Å². The largest absolute Gasteiger partial charge is 0.452 e. The summed E-state index contributed by atoms with van der Waals surface area (Å²) in [5, 5.41) is -0.0841. The molecule has 0 radical (unpaired) electrons. The maximum absolute atomic E-state index is 9.95. The molecule has 8 aromatic carbocycles. The molecular weight excluding hydrogens is 611 g/mol. The Hall–Kier alpha value is -6.78. The zero-order valence-corrected chi connectivity index (χ0v) is 25.8. The zero-order chi connectivity index (χ0) is 44.9. The third-order valence-electron chi connectivity index (χ3n) is 9.18. The first-order valence-electron chi connectivity index (χ1n) is 22.8. The van der Waals surface area contributed by atoms with Gasteiger partial charge in [0.2, 0.25) is 0 Å². The Morgan fingerprint density at radius 3 is 2.02 bits per heavy atom. The van der Waals surface area contributed by atoms with Crippen LogP contribution in [0, 0.1) is 0 Å². The number of aromatic nitrogens is 3. The van der Waals surface area contributed by atoms with E-state index >= 15 is 0 Å². The number of furan rings is 1. The Balaban J connectivity index is 1.43. The van der Waals surface area contributed by atoms with Gasteiger partial charge in [-0.3, -0.25) is 0 Å². The summed E-state index contributed by atoms with van der Waals surface area (Å²) in [6, 6.07) is 15.0. The maximum atomic E-state index is 9.95. The monoisotopic (exact) mass is 651 g/mol. The summed E-state index contributed by atoms with van der Waals surface area (Å²) in [4.78, 5) is 10.0. The molecule has 0 spiro atoms. The van der Waals surface area contributed by atoms with Crippen LogP contribution in [0.15, 0.2) is 168 Å². The summed E-state index contributed by atoms with van der Waals surface area (Å²) in [7, 11) is 0. The molecular formula is C46H27N3O. The summed E-state index contributed by atoms with van der Waals surface area (Å²) < 4.78 is 135. The quantitative estimate of drug-likeness (QED) is 0.178. The summed E-state index contributed by atoms with van der Waals surface area (Å²) in [5.41, 5.74) is 2.20. The molecule has 3 heterocycles. The summed E-state index contributed by atoms with van der Waals surface area (Å²) in [6.07, 6.45) is 0. The van der Waals surface area contributed by atoms with E-state index < -0.39 is 90.3 Å². The average Bonchev–Trinajstić information content (AvgIpc) is 3.87. The lowest BCUT2D eigenvalue weighted by Crippen LogP contribution is -1.94. The van der Waals surface area contributed by atoms with Crippen molar-refractivity contribution in [2.45, 2.75) is 0 Å².